The van der Waals surface area contributed by atoms with E-state index in [-0.39, 0.29) is 36.2 Å². The molecule has 6 rings (SSSR count). The molecule has 1 atom stereocenters. The molecule has 5 nitrogen and oxygen atoms in total. The number of carbonyl (C=O) groups excluding carboxylic acids is 2. The molecular weight excluding hydrogens is 454 g/mol. The molecule has 0 spiro atoms. The first kappa shape index (κ1) is 23.7. The van der Waals surface area contributed by atoms with Gasteiger partial charge in [0.25, 0.3) is 5.91 Å². The molecule has 3 fully saturated rings. The van der Waals surface area contributed by atoms with E-state index in [1.54, 1.807) is 11.3 Å². The summed E-state index contributed by atoms with van der Waals surface area (Å²) in [4.78, 5) is 28.4. The normalized spacial score (nSPS) is 21.6. The lowest BCUT2D eigenvalue weighted by Crippen LogP contribution is -2.57. The van der Waals surface area contributed by atoms with Gasteiger partial charge in [-0.3, -0.25) is 9.59 Å². The highest BCUT2D eigenvalue weighted by atomic mass is 35.5. The number of amides is 2. The Kier molecular flexibility index (Phi) is 7.07. The molecule has 33 heavy (non-hydrogen) atoms. The van der Waals surface area contributed by atoms with Gasteiger partial charge in [-0.1, -0.05) is 44.2 Å². The number of nitrogens with one attached hydrogen (secondary N) is 2. The van der Waals surface area contributed by atoms with Gasteiger partial charge in [0, 0.05) is 28.9 Å². The van der Waals surface area contributed by atoms with Crippen molar-refractivity contribution in [2.75, 3.05) is 25.0 Å². The van der Waals surface area contributed by atoms with E-state index in [2.05, 4.69) is 27.7 Å². The third-order valence-electron chi connectivity index (χ3n) is 6.71. The zero-order chi connectivity index (χ0) is 22.2. The summed E-state index contributed by atoms with van der Waals surface area (Å²) in [5, 5.41) is 7.36. The number of halogens is 1. The predicted molar refractivity (Wildman–Crippen MR) is 138 cm³/mol. The van der Waals surface area contributed by atoms with Gasteiger partial charge < -0.3 is 15.5 Å². The zero-order valence-corrected chi connectivity index (χ0v) is 20.6. The van der Waals surface area contributed by atoms with Gasteiger partial charge in [-0.25, -0.2) is 0 Å². The summed E-state index contributed by atoms with van der Waals surface area (Å²) in [5.41, 5.74) is 2.90. The standard InChI is InChI=1S/C26H29N3O2S.ClH/c1-16(2)25(30)27-20-7-3-5-18(13-20)21-8-4-6-19-14-23(32-24(19)21)26(31)28-22-15-29-11-9-17(22)10-12-29;/h3-8,13-14,16-17,22H,9-12,15H2,1-2H3,(H,27,30)(H,28,31);1H/t22-;/m0./s1. The first-order valence-electron chi connectivity index (χ1n) is 11.4. The number of rotatable bonds is 5. The number of fused-ring (bicyclic) bond motifs is 4. The lowest BCUT2D eigenvalue weighted by atomic mass is 9.84. The number of thiophene rings is 1. The summed E-state index contributed by atoms with van der Waals surface area (Å²) in [7, 11) is 0. The van der Waals surface area contributed by atoms with Gasteiger partial charge >= 0.3 is 0 Å². The summed E-state index contributed by atoms with van der Waals surface area (Å²) >= 11 is 1.55. The minimum absolute atomic E-state index is 0. The smallest absolute Gasteiger partial charge is 0.261 e. The van der Waals surface area contributed by atoms with Crippen LogP contribution in [0.15, 0.2) is 48.5 Å². The minimum atomic E-state index is -0.0726. The van der Waals surface area contributed by atoms with Crippen LogP contribution in [0, 0.1) is 11.8 Å². The molecule has 3 aromatic rings. The van der Waals surface area contributed by atoms with E-state index in [1.165, 1.54) is 25.9 Å². The highest BCUT2D eigenvalue weighted by molar-refractivity contribution is 7.21. The van der Waals surface area contributed by atoms with Crippen LogP contribution in [-0.4, -0.2) is 42.4 Å². The quantitative estimate of drug-likeness (QED) is 0.510. The Balaban J connectivity index is 0.00000259. The van der Waals surface area contributed by atoms with Crippen molar-refractivity contribution in [2.24, 2.45) is 11.8 Å². The number of benzene rings is 2. The van der Waals surface area contributed by atoms with Crippen LogP contribution >= 0.6 is 23.7 Å². The van der Waals surface area contributed by atoms with E-state index in [4.69, 9.17) is 0 Å². The molecule has 2 bridgehead atoms. The third-order valence-corrected chi connectivity index (χ3v) is 7.89. The number of hydrogen-bond donors (Lipinski definition) is 2. The largest absolute Gasteiger partial charge is 0.347 e. The Bertz CT molecular complexity index is 1170. The molecule has 2 aromatic carbocycles. The second-order valence-corrected chi connectivity index (χ2v) is 10.3. The predicted octanol–water partition coefficient (Wildman–Crippen LogP) is 5.41. The topological polar surface area (TPSA) is 61.4 Å². The van der Waals surface area contributed by atoms with Crippen molar-refractivity contribution in [2.45, 2.75) is 32.7 Å². The first-order valence-corrected chi connectivity index (χ1v) is 12.3. The average Bonchev–Trinajstić information content (AvgIpc) is 3.25. The first-order chi connectivity index (χ1) is 15.5. The van der Waals surface area contributed by atoms with Crippen molar-refractivity contribution in [3.05, 3.63) is 53.4 Å². The summed E-state index contributed by atoms with van der Waals surface area (Å²) in [6, 6.07) is 16.3. The monoisotopic (exact) mass is 483 g/mol. The van der Waals surface area contributed by atoms with Crippen molar-refractivity contribution < 1.29 is 9.59 Å². The second kappa shape index (κ2) is 9.84. The van der Waals surface area contributed by atoms with Gasteiger partial charge in [-0.15, -0.1) is 23.7 Å². The van der Waals surface area contributed by atoms with Crippen LogP contribution < -0.4 is 10.6 Å². The summed E-state index contributed by atoms with van der Waals surface area (Å²) in [5.74, 6) is 0.575. The average molecular weight is 484 g/mol. The molecule has 174 valence electrons. The Morgan fingerprint density at radius 2 is 1.82 bits per heavy atom. The molecule has 0 saturated carbocycles. The molecule has 3 aliphatic heterocycles. The Hall–Kier alpha value is -2.41. The SMILES string of the molecule is CC(C)C(=O)Nc1cccc(-c2cccc3cc(C(=O)N[C@H]4CN5CCC4CC5)sc23)c1.Cl. The third kappa shape index (κ3) is 4.93. The van der Waals surface area contributed by atoms with Crippen LogP contribution in [0.25, 0.3) is 21.2 Å². The fourth-order valence-electron chi connectivity index (χ4n) is 4.82. The molecule has 7 heteroatoms. The summed E-state index contributed by atoms with van der Waals surface area (Å²) < 4.78 is 1.10. The van der Waals surface area contributed by atoms with Crippen LogP contribution in [0.3, 0.4) is 0 Å². The van der Waals surface area contributed by atoms with Gasteiger partial charge in [0.05, 0.1) is 4.88 Å². The van der Waals surface area contributed by atoms with E-state index in [0.717, 1.165) is 38.3 Å². The molecular formula is C26H30ClN3O2S. The van der Waals surface area contributed by atoms with Crippen LogP contribution in [0.4, 0.5) is 5.69 Å². The summed E-state index contributed by atoms with van der Waals surface area (Å²) in [6.07, 6.45) is 2.37. The number of piperidine rings is 3. The highest BCUT2D eigenvalue weighted by Gasteiger charge is 2.35. The van der Waals surface area contributed by atoms with Gasteiger partial charge in [0.1, 0.15) is 0 Å². The van der Waals surface area contributed by atoms with Crippen molar-refractivity contribution in [3.8, 4) is 11.1 Å². The lowest BCUT2D eigenvalue weighted by molar-refractivity contribution is -0.118. The van der Waals surface area contributed by atoms with Gasteiger partial charge in [-0.05, 0) is 66.6 Å². The molecule has 0 aliphatic carbocycles. The van der Waals surface area contributed by atoms with Crippen molar-refractivity contribution >= 4 is 51.3 Å². The van der Waals surface area contributed by atoms with Gasteiger partial charge in [0.15, 0.2) is 0 Å². The number of carbonyl (C=O) groups is 2. The summed E-state index contributed by atoms with van der Waals surface area (Å²) in [6.45, 7) is 7.07. The molecule has 2 amide bonds. The Morgan fingerprint density at radius 1 is 1.06 bits per heavy atom. The van der Waals surface area contributed by atoms with E-state index in [1.807, 2.05) is 50.2 Å². The molecule has 4 heterocycles. The molecule has 0 radical (unpaired) electrons. The second-order valence-electron chi connectivity index (χ2n) is 9.28. The highest BCUT2D eigenvalue weighted by Crippen LogP contribution is 2.36. The Morgan fingerprint density at radius 3 is 2.52 bits per heavy atom. The maximum absolute atomic E-state index is 13.1. The number of nitrogens with zero attached hydrogens (tertiary/aromatic N) is 1. The lowest BCUT2D eigenvalue weighted by Gasteiger charge is -2.44. The maximum atomic E-state index is 13.1. The van der Waals surface area contributed by atoms with Crippen LogP contribution in [0.1, 0.15) is 36.4 Å². The van der Waals surface area contributed by atoms with Gasteiger partial charge in [0.2, 0.25) is 5.91 Å². The van der Waals surface area contributed by atoms with E-state index >= 15 is 0 Å². The van der Waals surface area contributed by atoms with Crippen molar-refractivity contribution in [1.82, 2.24) is 10.2 Å². The van der Waals surface area contributed by atoms with Crippen molar-refractivity contribution in [3.63, 3.8) is 0 Å². The number of anilines is 1. The van der Waals surface area contributed by atoms with Crippen LogP contribution in [0.5, 0.6) is 0 Å². The molecule has 2 N–H and O–H groups in total. The van der Waals surface area contributed by atoms with Gasteiger partial charge in [-0.2, -0.15) is 0 Å². The van der Waals surface area contributed by atoms with Crippen molar-refractivity contribution in [1.29, 1.82) is 0 Å². The van der Waals surface area contributed by atoms with E-state index in [9.17, 15) is 9.59 Å². The fraction of sp³-hybridized carbons (Fsp3) is 0.385. The van der Waals surface area contributed by atoms with E-state index < -0.39 is 0 Å². The molecule has 3 aliphatic rings. The van der Waals surface area contributed by atoms with Crippen LogP contribution in [-0.2, 0) is 4.79 Å². The minimum Gasteiger partial charge on any atom is -0.347 e. The fourth-order valence-corrected chi connectivity index (χ4v) is 5.92. The molecule has 1 aromatic heterocycles. The van der Waals surface area contributed by atoms with E-state index in [0.29, 0.717) is 5.92 Å². The molecule has 3 saturated heterocycles. The maximum Gasteiger partial charge on any atom is 0.261 e. The molecule has 0 unspecified atom stereocenters. The Labute approximate surface area is 205 Å². The van der Waals surface area contributed by atoms with Crippen LogP contribution in [0.2, 0.25) is 0 Å². The zero-order valence-electron chi connectivity index (χ0n) is 19.0. The number of hydrogen-bond acceptors (Lipinski definition) is 4.